The molecule has 0 aliphatic rings. The summed E-state index contributed by atoms with van der Waals surface area (Å²) < 4.78 is 27.6. The number of benzene rings is 1. The smallest absolute Gasteiger partial charge is 0.261 e. The molecule has 1 rings (SSSR count). The standard InChI is InChI=1S/C9H10Cl2O3S/c1-5-4-7(14-3)8(10)6(2)9(5)15(11,12)13/h4H,1-3H3. The molecule has 84 valence electrons. The van der Waals surface area contributed by atoms with Crippen LogP contribution in [0.4, 0.5) is 0 Å². The maximum absolute atomic E-state index is 11.3. The maximum atomic E-state index is 11.3. The summed E-state index contributed by atoms with van der Waals surface area (Å²) in [6.45, 7) is 3.23. The Hall–Kier alpha value is -0.450. The van der Waals surface area contributed by atoms with Gasteiger partial charge in [-0.2, -0.15) is 0 Å². The van der Waals surface area contributed by atoms with Crippen LogP contribution in [0, 0.1) is 13.8 Å². The molecule has 15 heavy (non-hydrogen) atoms. The zero-order valence-electron chi connectivity index (χ0n) is 8.47. The highest BCUT2D eigenvalue weighted by molar-refractivity contribution is 8.13. The second kappa shape index (κ2) is 4.20. The van der Waals surface area contributed by atoms with Crippen LogP contribution >= 0.6 is 22.3 Å². The molecule has 0 N–H and O–H groups in total. The molecular weight excluding hydrogens is 259 g/mol. The summed E-state index contributed by atoms with van der Waals surface area (Å²) in [5.41, 5.74) is 0.923. The van der Waals surface area contributed by atoms with Crippen molar-refractivity contribution in [2.75, 3.05) is 7.11 Å². The summed E-state index contributed by atoms with van der Waals surface area (Å²) in [5.74, 6) is 0.440. The first-order chi connectivity index (χ1) is 6.79. The molecule has 1 aromatic carbocycles. The van der Waals surface area contributed by atoms with E-state index >= 15 is 0 Å². The van der Waals surface area contributed by atoms with Gasteiger partial charge in [-0.25, -0.2) is 8.42 Å². The Morgan fingerprint density at radius 3 is 2.27 bits per heavy atom. The van der Waals surface area contributed by atoms with Gasteiger partial charge in [0.15, 0.2) is 0 Å². The number of hydrogen-bond acceptors (Lipinski definition) is 3. The van der Waals surface area contributed by atoms with Crippen molar-refractivity contribution in [1.29, 1.82) is 0 Å². The Kier molecular flexibility index (Phi) is 3.53. The van der Waals surface area contributed by atoms with Crippen LogP contribution in [0.15, 0.2) is 11.0 Å². The molecule has 0 spiro atoms. The van der Waals surface area contributed by atoms with Crippen LogP contribution in [0.5, 0.6) is 5.75 Å². The van der Waals surface area contributed by atoms with Crippen LogP contribution in [0.2, 0.25) is 5.02 Å². The van der Waals surface area contributed by atoms with Gasteiger partial charge in [0.1, 0.15) is 5.75 Å². The van der Waals surface area contributed by atoms with Crippen molar-refractivity contribution in [1.82, 2.24) is 0 Å². The van der Waals surface area contributed by atoms with Crippen molar-refractivity contribution in [3.63, 3.8) is 0 Å². The Labute approximate surface area is 98.4 Å². The molecule has 0 fully saturated rings. The number of ether oxygens (including phenoxy) is 1. The van der Waals surface area contributed by atoms with Gasteiger partial charge in [-0.3, -0.25) is 0 Å². The molecule has 3 nitrogen and oxygen atoms in total. The molecule has 0 aliphatic heterocycles. The first-order valence-corrected chi connectivity index (χ1v) is 6.76. The molecule has 0 heterocycles. The molecular formula is C9H10Cl2O3S. The molecule has 0 amide bonds. The van der Waals surface area contributed by atoms with E-state index in [0.29, 0.717) is 16.9 Å². The number of hydrogen-bond donors (Lipinski definition) is 0. The van der Waals surface area contributed by atoms with Crippen molar-refractivity contribution in [3.8, 4) is 5.75 Å². The molecule has 0 unspecified atom stereocenters. The lowest BCUT2D eigenvalue weighted by Crippen LogP contribution is -2.00. The third kappa shape index (κ3) is 2.38. The SMILES string of the molecule is COc1cc(C)c(S(=O)(=O)Cl)c(C)c1Cl. The quantitative estimate of drug-likeness (QED) is 0.775. The van der Waals surface area contributed by atoms with Crippen LogP contribution in [0.1, 0.15) is 11.1 Å². The van der Waals surface area contributed by atoms with E-state index in [-0.39, 0.29) is 9.92 Å². The van der Waals surface area contributed by atoms with Crippen molar-refractivity contribution in [2.45, 2.75) is 18.7 Å². The van der Waals surface area contributed by atoms with Crippen LogP contribution in [-0.2, 0) is 9.05 Å². The molecule has 6 heteroatoms. The lowest BCUT2D eigenvalue weighted by atomic mass is 10.1. The number of aryl methyl sites for hydroxylation is 1. The van der Waals surface area contributed by atoms with E-state index in [1.807, 2.05) is 0 Å². The number of halogens is 2. The van der Waals surface area contributed by atoms with Gasteiger partial charge in [-0.15, -0.1) is 0 Å². The fourth-order valence-electron chi connectivity index (χ4n) is 1.43. The number of rotatable bonds is 2. The average molecular weight is 269 g/mol. The highest BCUT2D eigenvalue weighted by Gasteiger charge is 2.21. The maximum Gasteiger partial charge on any atom is 0.261 e. The second-order valence-electron chi connectivity index (χ2n) is 3.10. The molecule has 0 saturated carbocycles. The van der Waals surface area contributed by atoms with E-state index < -0.39 is 9.05 Å². The normalized spacial score (nSPS) is 11.5. The molecule has 1 aromatic rings. The van der Waals surface area contributed by atoms with E-state index in [0.717, 1.165) is 0 Å². The van der Waals surface area contributed by atoms with Crippen LogP contribution < -0.4 is 4.74 Å². The van der Waals surface area contributed by atoms with Crippen molar-refractivity contribution >= 4 is 31.3 Å². The van der Waals surface area contributed by atoms with Gasteiger partial charge in [0.05, 0.1) is 17.0 Å². The zero-order valence-corrected chi connectivity index (χ0v) is 10.8. The van der Waals surface area contributed by atoms with E-state index in [4.69, 9.17) is 27.0 Å². The summed E-state index contributed by atoms with van der Waals surface area (Å²) >= 11 is 5.93. The first kappa shape index (κ1) is 12.6. The van der Waals surface area contributed by atoms with Crippen molar-refractivity contribution < 1.29 is 13.2 Å². The van der Waals surface area contributed by atoms with Gasteiger partial charge in [-0.1, -0.05) is 11.6 Å². The van der Waals surface area contributed by atoms with Gasteiger partial charge >= 0.3 is 0 Å². The minimum absolute atomic E-state index is 0.0509. The van der Waals surface area contributed by atoms with Gasteiger partial charge < -0.3 is 4.74 Å². The Morgan fingerprint density at radius 2 is 1.87 bits per heavy atom. The van der Waals surface area contributed by atoms with E-state index in [1.165, 1.54) is 7.11 Å². The first-order valence-electron chi connectivity index (χ1n) is 4.07. The molecule has 0 radical (unpaired) electrons. The fraction of sp³-hybridized carbons (Fsp3) is 0.333. The number of methoxy groups -OCH3 is 1. The predicted molar refractivity (Wildman–Crippen MR) is 60.5 cm³/mol. The molecule has 0 saturated heterocycles. The van der Waals surface area contributed by atoms with Gasteiger partial charge in [0.2, 0.25) is 0 Å². The molecule has 0 bridgehead atoms. The van der Waals surface area contributed by atoms with E-state index in [2.05, 4.69) is 0 Å². The van der Waals surface area contributed by atoms with Gasteiger partial charge in [0.25, 0.3) is 9.05 Å². The van der Waals surface area contributed by atoms with Crippen LogP contribution in [0.3, 0.4) is 0 Å². The summed E-state index contributed by atoms with van der Waals surface area (Å²) in [5, 5.41) is 0.266. The zero-order chi connectivity index (χ0) is 11.8. The minimum atomic E-state index is -3.78. The predicted octanol–water partition coefficient (Wildman–Crippen LogP) is 2.89. The largest absolute Gasteiger partial charge is 0.495 e. The van der Waals surface area contributed by atoms with Gasteiger partial charge in [0, 0.05) is 10.7 Å². The van der Waals surface area contributed by atoms with Crippen LogP contribution in [0.25, 0.3) is 0 Å². The third-order valence-corrected chi connectivity index (χ3v) is 4.10. The third-order valence-electron chi connectivity index (χ3n) is 2.06. The van der Waals surface area contributed by atoms with Crippen LogP contribution in [-0.4, -0.2) is 15.5 Å². The Morgan fingerprint density at radius 1 is 1.33 bits per heavy atom. The lowest BCUT2D eigenvalue weighted by molar-refractivity contribution is 0.414. The molecule has 0 atom stereocenters. The Bertz CT molecular complexity index is 495. The fourth-order valence-corrected chi connectivity index (χ4v) is 3.34. The average Bonchev–Trinajstić information content (AvgIpc) is 2.09. The summed E-state index contributed by atoms with van der Waals surface area (Å²) in [6.07, 6.45) is 0. The lowest BCUT2D eigenvalue weighted by Gasteiger charge is -2.11. The summed E-state index contributed by atoms with van der Waals surface area (Å²) in [4.78, 5) is 0.0509. The minimum Gasteiger partial charge on any atom is -0.495 e. The van der Waals surface area contributed by atoms with E-state index in [9.17, 15) is 8.42 Å². The van der Waals surface area contributed by atoms with Crippen molar-refractivity contribution in [2.24, 2.45) is 0 Å². The Balaban J connectivity index is 3.65. The topological polar surface area (TPSA) is 43.4 Å². The highest BCUT2D eigenvalue weighted by Crippen LogP contribution is 2.36. The van der Waals surface area contributed by atoms with Gasteiger partial charge in [-0.05, 0) is 31.0 Å². The summed E-state index contributed by atoms with van der Waals surface area (Å²) in [6, 6.07) is 1.55. The monoisotopic (exact) mass is 268 g/mol. The molecule has 0 aromatic heterocycles. The highest BCUT2D eigenvalue weighted by atomic mass is 35.7. The van der Waals surface area contributed by atoms with E-state index in [1.54, 1.807) is 19.9 Å². The van der Waals surface area contributed by atoms with Crippen molar-refractivity contribution in [3.05, 3.63) is 22.2 Å². The summed E-state index contributed by atoms with van der Waals surface area (Å²) in [7, 11) is 3.00. The molecule has 0 aliphatic carbocycles. The second-order valence-corrected chi connectivity index (χ2v) is 5.98.